The van der Waals surface area contributed by atoms with Gasteiger partial charge in [0.15, 0.2) is 11.5 Å². The first-order valence-electron chi connectivity index (χ1n) is 8.24. The molecule has 2 nitrogen and oxygen atoms in total. The van der Waals surface area contributed by atoms with Gasteiger partial charge in [0.05, 0.1) is 6.54 Å². The molecule has 0 aliphatic carbocycles. The Bertz CT molecular complexity index is 786. The summed E-state index contributed by atoms with van der Waals surface area (Å²) in [4.78, 5) is 4.73. The Morgan fingerprint density at radius 1 is 0.708 bits per heavy atom. The zero-order valence-corrected chi connectivity index (χ0v) is 13.4. The fourth-order valence-electron chi connectivity index (χ4n) is 3.21. The summed E-state index contributed by atoms with van der Waals surface area (Å²) in [6.45, 7) is 0.614. The molecule has 3 aromatic carbocycles. The molecule has 0 radical (unpaired) electrons. The molecule has 4 rings (SSSR count). The number of benzene rings is 3. The molecule has 0 atom stereocenters. The first-order chi connectivity index (χ1) is 11.9. The van der Waals surface area contributed by atoms with E-state index in [2.05, 4.69) is 60.7 Å². The Morgan fingerprint density at radius 3 is 1.75 bits per heavy atom. The second-order valence-electron chi connectivity index (χ2n) is 6.03. The molecule has 3 aromatic rings. The van der Waals surface area contributed by atoms with Crippen molar-refractivity contribution in [1.82, 2.24) is 0 Å². The van der Waals surface area contributed by atoms with Crippen LogP contribution in [0.5, 0.6) is 0 Å². The van der Waals surface area contributed by atoms with Crippen molar-refractivity contribution in [1.29, 1.82) is 0 Å². The van der Waals surface area contributed by atoms with Crippen molar-refractivity contribution in [2.24, 2.45) is 4.99 Å². The molecule has 1 aliphatic heterocycles. The van der Waals surface area contributed by atoms with E-state index in [0.717, 1.165) is 23.4 Å². The van der Waals surface area contributed by atoms with Gasteiger partial charge in [0.1, 0.15) is 0 Å². The van der Waals surface area contributed by atoms with Crippen LogP contribution in [0.4, 0.5) is 0 Å². The van der Waals surface area contributed by atoms with Gasteiger partial charge in [-0.05, 0) is 5.56 Å². The quantitative estimate of drug-likeness (QED) is 0.689. The highest BCUT2D eigenvalue weighted by atomic mass is 16.5. The summed E-state index contributed by atoms with van der Waals surface area (Å²) < 4.78 is 6.48. The number of aliphatic imine (C=N–C) groups is 1. The molecule has 1 aliphatic rings. The Labute approximate surface area is 142 Å². The molecule has 118 valence electrons. The highest BCUT2D eigenvalue weighted by Gasteiger charge is 2.41. The molecule has 0 saturated heterocycles. The molecule has 0 N–H and O–H groups in total. The molecule has 0 aromatic heterocycles. The predicted octanol–water partition coefficient (Wildman–Crippen LogP) is 4.60. The van der Waals surface area contributed by atoms with E-state index in [4.69, 9.17) is 9.73 Å². The topological polar surface area (TPSA) is 21.6 Å². The third kappa shape index (κ3) is 2.71. The molecule has 24 heavy (non-hydrogen) atoms. The van der Waals surface area contributed by atoms with Gasteiger partial charge in [0.2, 0.25) is 0 Å². The Morgan fingerprint density at radius 2 is 1.21 bits per heavy atom. The van der Waals surface area contributed by atoms with Gasteiger partial charge < -0.3 is 4.74 Å². The van der Waals surface area contributed by atoms with Crippen LogP contribution >= 0.6 is 0 Å². The van der Waals surface area contributed by atoms with E-state index in [9.17, 15) is 0 Å². The van der Waals surface area contributed by atoms with E-state index in [1.165, 1.54) is 5.56 Å². The molecule has 0 fully saturated rings. The van der Waals surface area contributed by atoms with Crippen molar-refractivity contribution in [3.8, 4) is 0 Å². The van der Waals surface area contributed by atoms with Gasteiger partial charge in [0, 0.05) is 17.5 Å². The smallest absolute Gasteiger partial charge is 0.189 e. The van der Waals surface area contributed by atoms with Gasteiger partial charge in [-0.15, -0.1) is 0 Å². The zero-order chi connectivity index (χ0) is 16.2. The highest BCUT2D eigenvalue weighted by Crippen LogP contribution is 2.38. The summed E-state index contributed by atoms with van der Waals surface area (Å²) in [5.41, 5.74) is 2.98. The fourth-order valence-corrected chi connectivity index (χ4v) is 3.21. The summed E-state index contributed by atoms with van der Waals surface area (Å²) in [6.07, 6.45) is 0.724. The van der Waals surface area contributed by atoms with E-state index in [1.807, 2.05) is 30.3 Å². The number of hydrogen-bond acceptors (Lipinski definition) is 2. The molecule has 0 amide bonds. The molecule has 0 unspecified atom stereocenters. The first kappa shape index (κ1) is 14.7. The van der Waals surface area contributed by atoms with Crippen molar-refractivity contribution in [3.05, 3.63) is 108 Å². The molecule has 2 heteroatoms. The van der Waals surface area contributed by atoms with Gasteiger partial charge in [-0.25, -0.2) is 0 Å². The lowest BCUT2D eigenvalue weighted by Crippen LogP contribution is -2.32. The normalized spacial score (nSPS) is 15.6. The minimum absolute atomic E-state index is 0.521. The monoisotopic (exact) mass is 313 g/mol. The first-order valence-corrected chi connectivity index (χ1v) is 8.24. The van der Waals surface area contributed by atoms with Gasteiger partial charge >= 0.3 is 0 Å². The van der Waals surface area contributed by atoms with Crippen LogP contribution in [0.2, 0.25) is 0 Å². The predicted molar refractivity (Wildman–Crippen MR) is 97.2 cm³/mol. The van der Waals surface area contributed by atoms with Crippen molar-refractivity contribution >= 4 is 5.90 Å². The third-order valence-corrected chi connectivity index (χ3v) is 4.45. The number of rotatable bonds is 4. The number of nitrogens with zero attached hydrogens (tertiary/aromatic N) is 1. The molecule has 0 saturated carbocycles. The van der Waals surface area contributed by atoms with Crippen molar-refractivity contribution in [2.45, 2.75) is 12.0 Å². The average molecular weight is 313 g/mol. The van der Waals surface area contributed by atoms with Crippen LogP contribution in [-0.2, 0) is 16.8 Å². The van der Waals surface area contributed by atoms with Crippen LogP contribution in [0, 0.1) is 0 Å². The van der Waals surface area contributed by atoms with E-state index >= 15 is 0 Å². The molecular weight excluding hydrogens is 294 g/mol. The maximum Gasteiger partial charge on any atom is 0.189 e. The van der Waals surface area contributed by atoms with Crippen LogP contribution < -0.4 is 0 Å². The lowest BCUT2D eigenvalue weighted by Gasteiger charge is -2.29. The van der Waals surface area contributed by atoms with Gasteiger partial charge in [-0.2, -0.15) is 0 Å². The van der Waals surface area contributed by atoms with E-state index in [0.29, 0.717) is 6.54 Å². The maximum atomic E-state index is 6.48. The van der Waals surface area contributed by atoms with E-state index in [-0.39, 0.29) is 0 Å². The van der Waals surface area contributed by atoms with Crippen LogP contribution in [0.3, 0.4) is 0 Å². The minimum atomic E-state index is -0.521. The van der Waals surface area contributed by atoms with Crippen LogP contribution in [0.25, 0.3) is 0 Å². The highest BCUT2D eigenvalue weighted by molar-refractivity contribution is 5.81. The third-order valence-electron chi connectivity index (χ3n) is 4.45. The summed E-state index contributed by atoms with van der Waals surface area (Å²) >= 11 is 0. The second kappa shape index (κ2) is 6.32. The lowest BCUT2D eigenvalue weighted by molar-refractivity contribution is 0.129. The van der Waals surface area contributed by atoms with Crippen LogP contribution in [0.15, 0.2) is 96.0 Å². The van der Waals surface area contributed by atoms with E-state index in [1.54, 1.807) is 0 Å². The average Bonchev–Trinajstić information content (AvgIpc) is 3.09. The molecule has 1 heterocycles. The summed E-state index contributed by atoms with van der Waals surface area (Å²) in [5, 5.41) is 0. The van der Waals surface area contributed by atoms with Crippen LogP contribution in [-0.4, -0.2) is 12.4 Å². The Balaban J connectivity index is 1.68. The summed E-state index contributed by atoms with van der Waals surface area (Å²) in [5.74, 6) is 0.800. The lowest BCUT2D eigenvalue weighted by atomic mass is 9.86. The van der Waals surface area contributed by atoms with Crippen molar-refractivity contribution in [2.75, 3.05) is 6.54 Å². The second-order valence-corrected chi connectivity index (χ2v) is 6.03. The van der Waals surface area contributed by atoms with Crippen LogP contribution in [0.1, 0.15) is 16.7 Å². The SMILES string of the molecule is c1ccc(CC2=NCC(c3ccccc3)(c3ccccc3)O2)cc1. The largest absolute Gasteiger partial charge is 0.463 e. The van der Waals surface area contributed by atoms with Gasteiger partial charge in [-0.1, -0.05) is 91.0 Å². The fraction of sp³-hybridized carbons (Fsp3) is 0.136. The number of ether oxygens (including phenoxy) is 1. The summed E-state index contributed by atoms with van der Waals surface area (Å²) in [6, 6.07) is 31.1. The van der Waals surface area contributed by atoms with Gasteiger partial charge in [-0.3, -0.25) is 4.99 Å². The van der Waals surface area contributed by atoms with Gasteiger partial charge in [0.25, 0.3) is 0 Å². The van der Waals surface area contributed by atoms with Crippen molar-refractivity contribution < 1.29 is 4.74 Å². The Hall–Kier alpha value is -2.87. The minimum Gasteiger partial charge on any atom is -0.463 e. The Kier molecular flexibility index (Phi) is 3.87. The molecule has 0 spiro atoms. The molecule has 0 bridgehead atoms. The zero-order valence-electron chi connectivity index (χ0n) is 13.4. The maximum absolute atomic E-state index is 6.48. The van der Waals surface area contributed by atoms with Crippen molar-refractivity contribution in [3.63, 3.8) is 0 Å². The standard InChI is InChI=1S/C22H19NO/c1-4-10-18(11-5-1)16-21-23-17-22(24-21,19-12-6-2-7-13-19)20-14-8-3-9-15-20/h1-15H,16-17H2. The molecular formula is C22H19NO. The number of hydrogen-bond donors (Lipinski definition) is 0. The van der Waals surface area contributed by atoms with E-state index < -0.39 is 5.60 Å². The summed E-state index contributed by atoms with van der Waals surface area (Å²) in [7, 11) is 0.